The molecule has 4 nitrogen and oxygen atoms in total. The lowest BCUT2D eigenvalue weighted by atomic mass is 10.2. The monoisotopic (exact) mass is 214 g/mol. The molecule has 2 heterocycles. The first-order valence-electron chi connectivity index (χ1n) is 4.79. The first-order valence-corrected chi connectivity index (χ1v) is 6.34. The Morgan fingerprint density at radius 3 is 2.57 bits per heavy atom. The topological polar surface area (TPSA) is 62.0 Å². The Balaban J connectivity index is 2.23. The minimum absolute atomic E-state index is 0.220. The highest BCUT2D eigenvalue weighted by Gasteiger charge is 2.29. The number of nitrogens with one attached hydrogen (secondary N) is 2. The SMILES string of the molecule is O=S(=O)(c1ccc[nH]1)C1CCNCC1. The highest BCUT2D eigenvalue weighted by atomic mass is 32.2. The van der Waals surface area contributed by atoms with Crippen LogP contribution in [0.1, 0.15) is 12.8 Å². The summed E-state index contributed by atoms with van der Waals surface area (Å²) in [5, 5.41) is 3.29. The molecule has 0 aromatic carbocycles. The first-order chi connectivity index (χ1) is 6.71. The maximum atomic E-state index is 12.0. The molecule has 0 atom stereocenters. The van der Waals surface area contributed by atoms with Crippen LogP contribution in [-0.2, 0) is 9.84 Å². The number of H-pyrrole nitrogens is 1. The molecular formula is C9H14N2O2S. The van der Waals surface area contributed by atoms with Crippen molar-refractivity contribution in [1.82, 2.24) is 10.3 Å². The molecule has 2 rings (SSSR count). The molecule has 0 aliphatic carbocycles. The van der Waals surface area contributed by atoms with Gasteiger partial charge in [0.25, 0.3) is 0 Å². The number of rotatable bonds is 2. The Bertz CT molecular complexity index is 377. The molecule has 1 aromatic rings. The van der Waals surface area contributed by atoms with Gasteiger partial charge >= 0.3 is 0 Å². The fourth-order valence-electron chi connectivity index (χ4n) is 1.78. The number of hydrogen-bond acceptors (Lipinski definition) is 3. The van der Waals surface area contributed by atoms with E-state index < -0.39 is 9.84 Å². The van der Waals surface area contributed by atoms with Gasteiger partial charge in [-0.05, 0) is 38.1 Å². The van der Waals surface area contributed by atoms with Crippen molar-refractivity contribution in [3.8, 4) is 0 Å². The molecule has 1 aliphatic heterocycles. The summed E-state index contributed by atoms with van der Waals surface area (Å²) in [6.07, 6.45) is 3.07. The standard InChI is InChI=1S/C9H14N2O2S/c12-14(13,9-2-1-5-11-9)8-3-6-10-7-4-8/h1-2,5,8,10-11H,3-4,6-7H2. The van der Waals surface area contributed by atoms with Gasteiger partial charge in [-0.15, -0.1) is 0 Å². The summed E-state index contributed by atoms with van der Waals surface area (Å²) in [7, 11) is -3.11. The number of aromatic nitrogens is 1. The Labute approximate surface area is 83.6 Å². The predicted octanol–water partition coefficient (Wildman–Crippen LogP) is 0.540. The largest absolute Gasteiger partial charge is 0.352 e. The lowest BCUT2D eigenvalue weighted by Crippen LogP contribution is -2.35. The van der Waals surface area contributed by atoms with Gasteiger partial charge in [0.2, 0.25) is 0 Å². The van der Waals surface area contributed by atoms with Gasteiger partial charge in [0, 0.05) is 6.20 Å². The second-order valence-electron chi connectivity index (χ2n) is 3.53. The molecule has 0 radical (unpaired) electrons. The summed E-state index contributed by atoms with van der Waals surface area (Å²) in [6, 6.07) is 3.34. The molecule has 1 fully saturated rings. The third-order valence-electron chi connectivity index (χ3n) is 2.60. The van der Waals surface area contributed by atoms with Gasteiger partial charge in [0.15, 0.2) is 9.84 Å². The van der Waals surface area contributed by atoms with Gasteiger partial charge < -0.3 is 10.3 Å². The van der Waals surface area contributed by atoms with E-state index in [1.807, 2.05) is 0 Å². The van der Waals surface area contributed by atoms with Crippen molar-refractivity contribution >= 4 is 9.84 Å². The zero-order valence-corrected chi connectivity index (χ0v) is 8.68. The summed E-state index contributed by atoms with van der Waals surface area (Å²) in [5.41, 5.74) is 0. The molecule has 14 heavy (non-hydrogen) atoms. The zero-order valence-electron chi connectivity index (χ0n) is 7.86. The Morgan fingerprint density at radius 1 is 1.29 bits per heavy atom. The summed E-state index contributed by atoms with van der Waals surface area (Å²) in [4.78, 5) is 2.77. The van der Waals surface area contributed by atoms with Crippen LogP contribution >= 0.6 is 0 Å². The average molecular weight is 214 g/mol. The van der Waals surface area contributed by atoms with Crippen LogP contribution in [0, 0.1) is 0 Å². The van der Waals surface area contributed by atoms with E-state index >= 15 is 0 Å². The van der Waals surface area contributed by atoms with Gasteiger partial charge in [-0.1, -0.05) is 0 Å². The average Bonchev–Trinajstić information content (AvgIpc) is 2.72. The normalized spacial score (nSPS) is 19.7. The molecule has 1 aromatic heterocycles. The summed E-state index contributed by atoms with van der Waals surface area (Å²) >= 11 is 0. The van der Waals surface area contributed by atoms with Crippen molar-refractivity contribution in [2.24, 2.45) is 0 Å². The van der Waals surface area contributed by atoms with Crippen LogP contribution in [0.3, 0.4) is 0 Å². The maximum absolute atomic E-state index is 12.0. The molecule has 2 N–H and O–H groups in total. The Kier molecular flexibility index (Phi) is 2.60. The van der Waals surface area contributed by atoms with Gasteiger partial charge in [-0.3, -0.25) is 0 Å². The van der Waals surface area contributed by atoms with E-state index in [1.54, 1.807) is 18.3 Å². The highest BCUT2D eigenvalue weighted by Crippen LogP contribution is 2.20. The number of aromatic amines is 1. The second kappa shape index (κ2) is 3.74. The first kappa shape index (κ1) is 9.73. The summed E-state index contributed by atoms with van der Waals surface area (Å²) in [5.74, 6) is 0. The van der Waals surface area contributed by atoms with Gasteiger partial charge in [-0.2, -0.15) is 0 Å². The van der Waals surface area contributed by atoms with Crippen LogP contribution in [0.15, 0.2) is 23.4 Å². The van der Waals surface area contributed by atoms with Crippen molar-refractivity contribution < 1.29 is 8.42 Å². The number of sulfone groups is 1. The molecule has 0 spiro atoms. The van der Waals surface area contributed by atoms with E-state index in [0.29, 0.717) is 17.9 Å². The smallest absolute Gasteiger partial charge is 0.196 e. The number of piperidine rings is 1. The van der Waals surface area contributed by atoms with Crippen molar-refractivity contribution in [2.75, 3.05) is 13.1 Å². The van der Waals surface area contributed by atoms with E-state index in [0.717, 1.165) is 13.1 Å². The lowest BCUT2D eigenvalue weighted by molar-refractivity contribution is 0.495. The molecule has 1 aliphatic rings. The molecule has 5 heteroatoms. The van der Waals surface area contributed by atoms with Crippen molar-refractivity contribution in [3.05, 3.63) is 18.3 Å². The molecule has 1 saturated heterocycles. The van der Waals surface area contributed by atoms with Crippen molar-refractivity contribution in [3.63, 3.8) is 0 Å². The second-order valence-corrected chi connectivity index (χ2v) is 5.73. The Morgan fingerprint density at radius 2 is 2.00 bits per heavy atom. The molecule has 0 bridgehead atoms. The minimum Gasteiger partial charge on any atom is -0.352 e. The molecular weight excluding hydrogens is 200 g/mol. The van der Waals surface area contributed by atoms with E-state index in [-0.39, 0.29) is 5.25 Å². The minimum atomic E-state index is -3.11. The van der Waals surface area contributed by atoms with Crippen molar-refractivity contribution in [2.45, 2.75) is 23.1 Å². The van der Waals surface area contributed by atoms with Crippen molar-refractivity contribution in [1.29, 1.82) is 0 Å². The van der Waals surface area contributed by atoms with E-state index in [4.69, 9.17) is 0 Å². The fourth-order valence-corrected chi connectivity index (χ4v) is 3.49. The van der Waals surface area contributed by atoms with Crippen LogP contribution in [0.25, 0.3) is 0 Å². The third-order valence-corrected chi connectivity index (χ3v) is 4.82. The summed E-state index contributed by atoms with van der Waals surface area (Å²) < 4.78 is 24.0. The predicted molar refractivity (Wildman–Crippen MR) is 53.9 cm³/mol. The molecule has 0 unspecified atom stereocenters. The highest BCUT2D eigenvalue weighted by molar-refractivity contribution is 7.92. The lowest BCUT2D eigenvalue weighted by Gasteiger charge is -2.21. The third kappa shape index (κ3) is 1.69. The van der Waals surface area contributed by atoms with Crippen LogP contribution in [-0.4, -0.2) is 31.7 Å². The molecule has 78 valence electrons. The van der Waals surface area contributed by atoms with Crippen LogP contribution < -0.4 is 5.32 Å². The Hall–Kier alpha value is -0.810. The zero-order chi connectivity index (χ0) is 10.0. The van der Waals surface area contributed by atoms with E-state index in [9.17, 15) is 8.42 Å². The van der Waals surface area contributed by atoms with Crippen LogP contribution in [0.4, 0.5) is 0 Å². The van der Waals surface area contributed by atoms with E-state index in [2.05, 4.69) is 10.3 Å². The van der Waals surface area contributed by atoms with E-state index in [1.165, 1.54) is 0 Å². The molecule has 0 saturated carbocycles. The van der Waals surface area contributed by atoms with Crippen LogP contribution in [0.5, 0.6) is 0 Å². The van der Waals surface area contributed by atoms with Gasteiger partial charge in [0.05, 0.1) is 5.25 Å². The fraction of sp³-hybridized carbons (Fsp3) is 0.556. The number of hydrogen-bond donors (Lipinski definition) is 2. The maximum Gasteiger partial charge on any atom is 0.196 e. The van der Waals surface area contributed by atoms with Gasteiger partial charge in [-0.25, -0.2) is 8.42 Å². The van der Waals surface area contributed by atoms with Gasteiger partial charge in [0.1, 0.15) is 5.03 Å². The summed E-state index contributed by atoms with van der Waals surface area (Å²) in [6.45, 7) is 1.59. The quantitative estimate of drug-likeness (QED) is 0.755. The van der Waals surface area contributed by atoms with Crippen LogP contribution in [0.2, 0.25) is 0 Å². The molecule has 0 amide bonds.